The summed E-state index contributed by atoms with van der Waals surface area (Å²) < 4.78 is 2.47. The van der Waals surface area contributed by atoms with Crippen LogP contribution in [0.4, 0.5) is 0 Å². The first-order chi connectivity index (χ1) is 11.8. The summed E-state index contributed by atoms with van der Waals surface area (Å²) in [7, 11) is 0. The molecular weight excluding hydrogens is 322 g/mol. The number of benzene rings is 1. The molecule has 0 atom stereocenters. The lowest BCUT2D eigenvalue weighted by Gasteiger charge is -2.13. The van der Waals surface area contributed by atoms with E-state index in [0.717, 1.165) is 21.4 Å². The van der Waals surface area contributed by atoms with Crippen LogP contribution in [0.3, 0.4) is 0 Å². The first-order valence-corrected chi connectivity index (χ1v) is 7.72. The largest absolute Gasteiger partial charge is 0.297 e. The lowest BCUT2D eigenvalue weighted by molar-refractivity contribution is -0.129. The van der Waals surface area contributed by atoms with E-state index in [9.17, 15) is 14.4 Å². The van der Waals surface area contributed by atoms with Crippen molar-refractivity contribution in [2.75, 3.05) is 0 Å². The van der Waals surface area contributed by atoms with Gasteiger partial charge in [-0.15, -0.1) is 5.10 Å². The van der Waals surface area contributed by atoms with Gasteiger partial charge in [0.2, 0.25) is 0 Å². The Balaban J connectivity index is 2.20. The first-order valence-electron chi connectivity index (χ1n) is 7.72. The number of hydrogen-bond acceptors (Lipinski definition) is 6. The summed E-state index contributed by atoms with van der Waals surface area (Å²) in [6.07, 6.45) is 1.19. The Kier molecular flexibility index (Phi) is 4.03. The lowest BCUT2D eigenvalue weighted by atomic mass is 10.1. The van der Waals surface area contributed by atoms with Crippen LogP contribution < -0.4 is 5.56 Å². The van der Waals surface area contributed by atoms with Crippen LogP contribution in [-0.4, -0.2) is 36.1 Å². The highest BCUT2D eigenvalue weighted by Crippen LogP contribution is 2.16. The van der Waals surface area contributed by atoms with Crippen molar-refractivity contribution in [2.24, 2.45) is 0 Å². The van der Waals surface area contributed by atoms with Crippen molar-refractivity contribution in [3.8, 4) is 5.69 Å². The summed E-state index contributed by atoms with van der Waals surface area (Å²) in [4.78, 5) is 40.3. The molecule has 0 amide bonds. The zero-order valence-electron chi connectivity index (χ0n) is 14.3. The number of aryl methyl sites for hydroxylation is 2. The number of aromatic nitrogens is 5. The fourth-order valence-electron chi connectivity index (χ4n) is 2.72. The highest BCUT2D eigenvalue weighted by molar-refractivity contribution is 6.02. The molecule has 2 aromatic heterocycles. The van der Waals surface area contributed by atoms with Gasteiger partial charge in [-0.3, -0.25) is 19.0 Å². The molecule has 128 valence electrons. The van der Waals surface area contributed by atoms with Crippen molar-refractivity contribution < 1.29 is 9.59 Å². The van der Waals surface area contributed by atoms with E-state index in [1.807, 2.05) is 32.0 Å². The van der Waals surface area contributed by atoms with Crippen LogP contribution in [0.5, 0.6) is 0 Å². The molecule has 0 fully saturated rings. The first kappa shape index (κ1) is 16.7. The Hall–Kier alpha value is -3.16. The fraction of sp³-hybridized carbons (Fsp3) is 0.294. The van der Waals surface area contributed by atoms with Gasteiger partial charge in [0.15, 0.2) is 28.8 Å². The number of ketones is 2. The molecule has 0 unspecified atom stereocenters. The second-order valence-corrected chi connectivity index (χ2v) is 6.02. The third-order valence-corrected chi connectivity index (χ3v) is 4.17. The third-order valence-electron chi connectivity index (χ3n) is 4.17. The minimum Gasteiger partial charge on any atom is -0.297 e. The van der Waals surface area contributed by atoms with E-state index < -0.39 is 23.2 Å². The molecule has 0 spiro atoms. The van der Waals surface area contributed by atoms with Gasteiger partial charge in [-0.05, 0) is 51.0 Å². The maximum absolute atomic E-state index is 12.6. The molecule has 3 rings (SSSR count). The van der Waals surface area contributed by atoms with E-state index in [4.69, 9.17) is 0 Å². The van der Waals surface area contributed by atoms with Crippen LogP contribution in [0.15, 0.2) is 29.3 Å². The van der Waals surface area contributed by atoms with E-state index in [1.165, 1.54) is 24.9 Å². The predicted molar refractivity (Wildman–Crippen MR) is 90.8 cm³/mol. The van der Waals surface area contributed by atoms with Gasteiger partial charge in [-0.1, -0.05) is 11.3 Å². The SMILES string of the molecule is CC(=O)C(C(C)=O)n1cnc2c(nnn2-c2ccc(C)c(C)c2)c1=O. The lowest BCUT2D eigenvalue weighted by Crippen LogP contribution is -2.33. The van der Waals surface area contributed by atoms with Crippen molar-refractivity contribution >= 4 is 22.7 Å². The summed E-state index contributed by atoms with van der Waals surface area (Å²) in [6, 6.07) is 4.53. The van der Waals surface area contributed by atoms with Crippen LogP contribution in [0.1, 0.15) is 31.0 Å². The smallest absolute Gasteiger partial charge is 0.284 e. The molecule has 0 aliphatic heterocycles. The third kappa shape index (κ3) is 2.75. The van der Waals surface area contributed by atoms with Crippen molar-refractivity contribution in [1.82, 2.24) is 24.5 Å². The summed E-state index contributed by atoms with van der Waals surface area (Å²) in [5, 5.41) is 7.91. The molecule has 2 heterocycles. The van der Waals surface area contributed by atoms with Gasteiger partial charge in [-0.25, -0.2) is 4.98 Å². The molecule has 0 aliphatic carbocycles. The fourth-order valence-corrected chi connectivity index (χ4v) is 2.72. The Morgan fingerprint density at radius 1 is 1.08 bits per heavy atom. The molecule has 8 heteroatoms. The Morgan fingerprint density at radius 2 is 1.76 bits per heavy atom. The van der Waals surface area contributed by atoms with Gasteiger partial charge in [0.05, 0.1) is 5.69 Å². The number of Topliss-reactive ketones (excluding diaryl/α,β-unsaturated/α-hetero) is 2. The van der Waals surface area contributed by atoms with E-state index in [2.05, 4.69) is 15.3 Å². The maximum Gasteiger partial charge on any atom is 0.284 e. The van der Waals surface area contributed by atoms with Gasteiger partial charge in [0, 0.05) is 0 Å². The quantitative estimate of drug-likeness (QED) is 0.665. The van der Waals surface area contributed by atoms with Crippen molar-refractivity contribution in [3.63, 3.8) is 0 Å². The monoisotopic (exact) mass is 339 g/mol. The zero-order chi connectivity index (χ0) is 18.3. The number of carbonyl (C=O) groups is 2. The highest BCUT2D eigenvalue weighted by atomic mass is 16.2. The number of fused-ring (bicyclic) bond motifs is 1. The topological polar surface area (TPSA) is 99.7 Å². The Bertz CT molecular complexity index is 1050. The van der Waals surface area contributed by atoms with Gasteiger partial charge in [-0.2, -0.15) is 4.68 Å². The van der Waals surface area contributed by atoms with Gasteiger partial charge in [0.25, 0.3) is 5.56 Å². The number of nitrogens with zero attached hydrogens (tertiary/aromatic N) is 5. The minimum absolute atomic E-state index is 0.00762. The second kappa shape index (κ2) is 6.04. The van der Waals surface area contributed by atoms with Crippen LogP contribution in [0.2, 0.25) is 0 Å². The Morgan fingerprint density at radius 3 is 2.36 bits per heavy atom. The average Bonchev–Trinajstić information content (AvgIpc) is 2.96. The summed E-state index contributed by atoms with van der Waals surface area (Å²) in [5.74, 6) is -0.866. The van der Waals surface area contributed by atoms with Crippen molar-refractivity contribution in [3.05, 3.63) is 46.0 Å². The molecule has 0 N–H and O–H groups in total. The summed E-state index contributed by atoms with van der Waals surface area (Å²) in [5.41, 5.74) is 2.64. The minimum atomic E-state index is -1.20. The normalized spacial score (nSPS) is 11.2. The van der Waals surface area contributed by atoms with E-state index in [1.54, 1.807) is 0 Å². The standard InChI is InChI=1S/C17H17N5O3/c1-9-5-6-13(7-10(9)2)22-16-14(19-20-22)17(25)21(8-18-16)15(11(3)23)12(4)24/h5-8,15H,1-4H3. The molecule has 1 aromatic carbocycles. The zero-order valence-corrected chi connectivity index (χ0v) is 14.3. The van der Waals surface area contributed by atoms with E-state index >= 15 is 0 Å². The van der Waals surface area contributed by atoms with Gasteiger partial charge in [0.1, 0.15) is 6.33 Å². The molecule has 3 aromatic rings. The molecule has 0 aliphatic rings. The Labute approximate surface area is 143 Å². The van der Waals surface area contributed by atoms with Crippen molar-refractivity contribution in [2.45, 2.75) is 33.7 Å². The molecule has 0 bridgehead atoms. The summed E-state index contributed by atoms with van der Waals surface area (Å²) in [6.45, 7) is 6.49. The summed E-state index contributed by atoms with van der Waals surface area (Å²) >= 11 is 0. The van der Waals surface area contributed by atoms with Crippen LogP contribution in [0, 0.1) is 13.8 Å². The molecule has 25 heavy (non-hydrogen) atoms. The van der Waals surface area contributed by atoms with Crippen LogP contribution in [0.25, 0.3) is 16.9 Å². The highest BCUT2D eigenvalue weighted by Gasteiger charge is 2.25. The predicted octanol–water partition coefficient (Wildman–Crippen LogP) is 1.31. The molecule has 0 radical (unpaired) electrons. The molecule has 8 nitrogen and oxygen atoms in total. The van der Waals surface area contributed by atoms with Crippen molar-refractivity contribution in [1.29, 1.82) is 0 Å². The van der Waals surface area contributed by atoms with Gasteiger partial charge >= 0.3 is 0 Å². The number of hydrogen-bond donors (Lipinski definition) is 0. The second-order valence-electron chi connectivity index (χ2n) is 6.02. The van der Waals surface area contributed by atoms with E-state index in [0.29, 0.717) is 0 Å². The molecule has 0 saturated carbocycles. The number of carbonyl (C=O) groups excluding carboxylic acids is 2. The number of rotatable bonds is 4. The van der Waals surface area contributed by atoms with E-state index in [-0.39, 0.29) is 11.2 Å². The van der Waals surface area contributed by atoms with Crippen LogP contribution in [-0.2, 0) is 9.59 Å². The molecule has 0 saturated heterocycles. The van der Waals surface area contributed by atoms with Gasteiger partial charge < -0.3 is 0 Å². The average molecular weight is 339 g/mol. The maximum atomic E-state index is 12.6. The van der Waals surface area contributed by atoms with Crippen LogP contribution >= 0.6 is 0 Å². The molecular formula is C17H17N5O3.